The second-order valence-corrected chi connectivity index (χ2v) is 6.49. The Kier molecular flexibility index (Phi) is 4.78. The summed E-state index contributed by atoms with van der Waals surface area (Å²) in [6.07, 6.45) is 1.59. The molecule has 122 valence electrons. The third-order valence-corrected chi connectivity index (χ3v) is 4.79. The molecule has 0 bridgehead atoms. The summed E-state index contributed by atoms with van der Waals surface area (Å²) >= 11 is 1.53. The maximum absolute atomic E-state index is 12.5. The molecular formula is C16H19N3O3S. The van der Waals surface area contributed by atoms with Gasteiger partial charge in [-0.1, -0.05) is 6.07 Å². The zero-order valence-electron chi connectivity index (χ0n) is 12.9. The molecule has 0 saturated carbocycles. The highest BCUT2D eigenvalue weighted by Gasteiger charge is 2.33. The Hall–Kier alpha value is -2.12. The van der Waals surface area contributed by atoms with Crippen molar-refractivity contribution in [1.82, 2.24) is 15.1 Å². The van der Waals surface area contributed by atoms with Gasteiger partial charge in [0.2, 0.25) is 11.8 Å². The van der Waals surface area contributed by atoms with E-state index >= 15 is 0 Å². The SMILES string of the molecule is CN(Cc1ccco1)C(=O)CN1CCNC(=O)[C@H]1c1cccs1. The summed E-state index contributed by atoms with van der Waals surface area (Å²) < 4.78 is 5.27. The second-order valence-electron chi connectivity index (χ2n) is 5.51. The summed E-state index contributed by atoms with van der Waals surface area (Å²) in [4.78, 5) is 29.2. The first kappa shape index (κ1) is 15.8. The van der Waals surface area contributed by atoms with Crippen molar-refractivity contribution in [3.63, 3.8) is 0 Å². The van der Waals surface area contributed by atoms with Crippen LogP contribution in [0.2, 0.25) is 0 Å². The summed E-state index contributed by atoms with van der Waals surface area (Å²) in [6.45, 7) is 1.87. The van der Waals surface area contributed by atoms with E-state index in [1.807, 2.05) is 28.5 Å². The largest absolute Gasteiger partial charge is 0.467 e. The highest BCUT2D eigenvalue weighted by atomic mass is 32.1. The summed E-state index contributed by atoms with van der Waals surface area (Å²) in [7, 11) is 1.75. The Labute approximate surface area is 138 Å². The molecule has 1 saturated heterocycles. The molecule has 3 rings (SSSR count). The number of carbonyl (C=O) groups excluding carboxylic acids is 2. The second kappa shape index (κ2) is 6.97. The van der Waals surface area contributed by atoms with Gasteiger partial charge >= 0.3 is 0 Å². The van der Waals surface area contributed by atoms with Crippen LogP contribution in [-0.4, -0.2) is 48.3 Å². The number of nitrogens with zero attached hydrogens (tertiary/aromatic N) is 2. The molecule has 0 radical (unpaired) electrons. The molecule has 1 fully saturated rings. The van der Waals surface area contributed by atoms with Crippen molar-refractivity contribution >= 4 is 23.2 Å². The number of likely N-dealkylation sites (N-methyl/N-ethyl adjacent to an activating group) is 1. The molecule has 0 unspecified atom stereocenters. The van der Waals surface area contributed by atoms with Gasteiger partial charge in [-0.15, -0.1) is 11.3 Å². The molecule has 1 atom stereocenters. The zero-order chi connectivity index (χ0) is 16.2. The molecule has 0 aliphatic carbocycles. The van der Waals surface area contributed by atoms with E-state index in [9.17, 15) is 9.59 Å². The van der Waals surface area contributed by atoms with E-state index in [2.05, 4.69) is 5.32 Å². The summed E-state index contributed by atoms with van der Waals surface area (Å²) in [5, 5.41) is 4.82. The highest BCUT2D eigenvalue weighted by molar-refractivity contribution is 7.10. The minimum Gasteiger partial charge on any atom is -0.467 e. The number of furan rings is 1. The molecule has 23 heavy (non-hydrogen) atoms. The van der Waals surface area contributed by atoms with Crippen LogP contribution in [-0.2, 0) is 16.1 Å². The lowest BCUT2D eigenvalue weighted by Crippen LogP contribution is -2.52. The molecule has 6 nitrogen and oxygen atoms in total. The van der Waals surface area contributed by atoms with Crippen molar-refractivity contribution < 1.29 is 14.0 Å². The van der Waals surface area contributed by atoms with Crippen LogP contribution in [0.4, 0.5) is 0 Å². The normalized spacial score (nSPS) is 18.7. The molecule has 1 N–H and O–H groups in total. The van der Waals surface area contributed by atoms with Gasteiger partial charge in [0.1, 0.15) is 11.8 Å². The Balaban J connectivity index is 1.67. The molecule has 0 aromatic carbocycles. The molecular weight excluding hydrogens is 314 g/mol. The van der Waals surface area contributed by atoms with E-state index in [1.165, 1.54) is 11.3 Å². The maximum atomic E-state index is 12.5. The van der Waals surface area contributed by atoms with E-state index in [4.69, 9.17) is 4.42 Å². The Morgan fingerprint density at radius 1 is 1.48 bits per heavy atom. The van der Waals surface area contributed by atoms with Crippen LogP contribution in [0.15, 0.2) is 40.3 Å². The first-order valence-corrected chi connectivity index (χ1v) is 8.34. The lowest BCUT2D eigenvalue weighted by molar-refractivity contribution is -0.136. The predicted molar refractivity (Wildman–Crippen MR) is 86.8 cm³/mol. The number of hydrogen-bond acceptors (Lipinski definition) is 5. The van der Waals surface area contributed by atoms with E-state index < -0.39 is 0 Å². The molecule has 7 heteroatoms. The van der Waals surface area contributed by atoms with Crippen molar-refractivity contribution in [2.75, 3.05) is 26.7 Å². The van der Waals surface area contributed by atoms with E-state index in [1.54, 1.807) is 24.3 Å². The predicted octanol–water partition coefficient (Wildman–Crippen LogP) is 1.47. The van der Waals surface area contributed by atoms with Gasteiger partial charge in [-0.05, 0) is 23.6 Å². The third kappa shape index (κ3) is 3.62. The molecule has 1 aliphatic rings. The summed E-state index contributed by atoms with van der Waals surface area (Å²) in [5.74, 6) is 0.671. The number of rotatable bonds is 5. The zero-order valence-corrected chi connectivity index (χ0v) is 13.7. The molecule has 2 aromatic heterocycles. The highest BCUT2D eigenvalue weighted by Crippen LogP contribution is 2.27. The van der Waals surface area contributed by atoms with Gasteiger partial charge in [0.15, 0.2) is 0 Å². The number of thiophene rings is 1. The van der Waals surface area contributed by atoms with Crippen molar-refractivity contribution in [3.05, 3.63) is 46.5 Å². The smallest absolute Gasteiger partial charge is 0.242 e. The summed E-state index contributed by atoms with van der Waals surface area (Å²) in [5.41, 5.74) is 0. The molecule has 2 amide bonds. The number of nitrogens with one attached hydrogen (secondary N) is 1. The van der Waals surface area contributed by atoms with Crippen molar-refractivity contribution in [2.24, 2.45) is 0 Å². The van der Waals surface area contributed by atoms with Crippen molar-refractivity contribution in [2.45, 2.75) is 12.6 Å². The lowest BCUT2D eigenvalue weighted by Gasteiger charge is -2.34. The van der Waals surface area contributed by atoms with Crippen LogP contribution in [0, 0.1) is 0 Å². The van der Waals surface area contributed by atoms with Gasteiger partial charge in [0, 0.05) is 25.0 Å². The quantitative estimate of drug-likeness (QED) is 0.900. The lowest BCUT2D eigenvalue weighted by atomic mass is 10.1. The fourth-order valence-corrected chi connectivity index (χ4v) is 3.52. The maximum Gasteiger partial charge on any atom is 0.242 e. The van der Waals surface area contributed by atoms with Gasteiger partial charge in [-0.2, -0.15) is 0 Å². The first-order valence-electron chi connectivity index (χ1n) is 7.46. The Morgan fingerprint density at radius 2 is 2.35 bits per heavy atom. The van der Waals surface area contributed by atoms with Crippen LogP contribution < -0.4 is 5.32 Å². The fraction of sp³-hybridized carbons (Fsp3) is 0.375. The fourth-order valence-electron chi connectivity index (χ4n) is 2.66. The average molecular weight is 333 g/mol. The number of carbonyl (C=O) groups is 2. The summed E-state index contributed by atoms with van der Waals surface area (Å²) in [6, 6.07) is 7.11. The first-order chi connectivity index (χ1) is 11.1. The van der Waals surface area contributed by atoms with E-state index in [0.717, 1.165) is 10.6 Å². The van der Waals surface area contributed by atoms with Gasteiger partial charge in [-0.25, -0.2) is 0 Å². The number of hydrogen-bond donors (Lipinski definition) is 1. The molecule has 0 spiro atoms. The van der Waals surface area contributed by atoms with E-state index in [-0.39, 0.29) is 24.4 Å². The van der Waals surface area contributed by atoms with Crippen LogP contribution >= 0.6 is 11.3 Å². The van der Waals surface area contributed by atoms with Gasteiger partial charge in [-0.3, -0.25) is 14.5 Å². The van der Waals surface area contributed by atoms with Gasteiger partial charge in [0.05, 0.1) is 19.4 Å². The topological polar surface area (TPSA) is 65.8 Å². The molecule has 1 aliphatic heterocycles. The molecule has 3 heterocycles. The van der Waals surface area contributed by atoms with Crippen LogP contribution in [0.1, 0.15) is 16.7 Å². The minimum atomic E-state index is -0.385. The average Bonchev–Trinajstić information content (AvgIpc) is 3.20. The molecule has 2 aromatic rings. The minimum absolute atomic E-state index is 0.0299. The standard InChI is InChI=1S/C16H19N3O3S/c1-18(10-12-4-2-8-22-12)14(20)11-19-7-6-17-16(21)15(19)13-5-3-9-23-13/h2-5,8-9,15H,6-7,10-11H2,1H3,(H,17,21)/t15-/m1/s1. The van der Waals surface area contributed by atoms with E-state index in [0.29, 0.717) is 19.6 Å². The van der Waals surface area contributed by atoms with Crippen LogP contribution in [0.3, 0.4) is 0 Å². The number of piperazine rings is 1. The Bertz CT molecular complexity index is 654. The number of amides is 2. The van der Waals surface area contributed by atoms with Crippen molar-refractivity contribution in [3.8, 4) is 0 Å². The van der Waals surface area contributed by atoms with Crippen molar-refractivity contribution in [1.29, 1.82) is 0 Å². The van der Waals surface area contributed by atoms with Crippen LogP contribution in [0.5, 0.6) is 0 Å². The monoisotopic (exact) mass is 333 g/mol. The third-order valence-electron chi connectivity index (χ3n) is 3.86. The van der Waals surface area contributed by atoms with Gasteiger partial charge < -0.3 is 14.6 Å². The van der Waals surface area contributed by atoms with Gasteiger partial charge in [0.25, 0.3) is 0 Å². The van der Waals surface area contributed by atoms with Crippen LogP contribution in [0.25, 0.3) is 0 Å². The Morgan fingerprint density at radius 3 is 3.04 bits per heavy atom.